The summed E-state index contributed by atoms with van der Waals surface area (Å²) in [6, 6.07) is 6.36. The summed E-state index contributed by atoms with van der Waals surface area (Å²) in [4.78, 5) is 0. The normalized spacial score (nSPS) is 20.9. The van der Waals surface area contributed by atoms with E-state index in [2.05, 4.69) is 25.1 Å². The minimum Gasteiger partial charge on any atom is -0.490 e. The lowest BCUT2D eigenvalue weighted by molar-refractivity contribution is 0.185. The van der Waals surface area contributed by atoms with Crippen molar-refractivity contribution in [3.8, 4) is 5.75 Å². The van der Waals surface area contributed by atoms with Gasteiger partial charge >= 0.3 is 0 Å². The maximum absolute atomic E-state index is 9.22. The molecule has 0 fully saturated rings. The Morgan fingerprint density at radius 1 is 1.53 bits per heavy atom. The van der Waals surface area contributed by atoms with E-state index in [0.29, 0.717) is 6.10 Å². The van der Waals surface area contributed by atoms with Crippen LogP contribution in [0.25, 0.3) is 0 Å². The molecule has 2 nitrogen and oxygen atoms in total. The Hall–Kier alpha value is -1.02. The van der Waals surface area contributed by atoms with E-state index < -0.39 is 0 Å². The zero-order valence-electron chi connectivity index (χ0n) is 9.36. The summed E-state index contributed by atoms with van der Waals surface area (Å²) in [6.07, 6.45) is 2.88. The molecule has 0 radical (unpaired) electrons. The van der Waals surface area contributed by atoms with Gasteiger partial charge in [0.25, 0.3) is 0 Å². The summed E-state index contributed by atoms with van der Waals surface area (Å²) in [6.45, 7) is 3.92. The second-order valence-corrected chi connectivity index (χ2v) is 4.46. The van der Waals surface area contributed by atoms with Gasteiger partial charge in [0.05, 0.1) is 6.10 Å². The largest absolute Gasteiger partial charge is 0.490 e. The first-order valence-electron chi connectivity index (χ1n) is 5.61. The molecule has 1 aromatic rings. The second-order valence-electron chi connectivity index (χ2n) is 4.46. The van der Waals surface area contributed by atoms with Gasteiger partial charge in [-0.3, -0.25) is 0 Å². The molecule has 2 rings (SSSR count). The molecule has 1 heterocycles. The first-order chi connectivity index (χ1) is 7.15. The zero-order valence-corrected chi connectivity index (χ0v) is 9.36. The molecular formula is C13H18O2. The number of hydrogen-bond donors (Lipinski definition) is 1. The monoisotopic (exact) mass is 206 g/mol. The van der Waals surface area contributed by atoms with Crippen LogP contribution in [0, 0.1) is 0 Å². The van der Waals surface area contributed by atoms with Crippen LogP contribution in [-0.2, 0) is 12.8 Å². The number of aliphatic hydroxyl groups excluding tert-OH is 1. The quantitative estimate of drug-likeness (QED) is 0.822. The van der Waals surface area contributed by atoms with Crippen molar-refractivity contribution in [2.75, 3.05) is 0 Å². The van der Waals surface area contributed by atoms with E-state index in [4.69, 9.17) is 4.74 Å². The number of ether oxygens (including phenoxy) is 1. The highest BCUT2D eigenvalue weighted by atomic mass is 16.5. The molecule has 0 saturated carbocycles. The van der Waals surface area contributed by atoms with Crippen molar-refractivity contribution >= 4 is 0 Å². The Morgan fingerprint density at radius 3 is 3.07 bits per heavy atom. The summed E-state index contributed by atoms with van der Waals surface area (Å²) >= 11 is 0. The fraction of sp³-hybridized carbons (Fsp3) is 0.538. The predicted octanol–water partition coefficient (Wildman–Crippen LogP) is 2.32. The number of fused-ring (bicyclic) bond motifs is 1. The van der Waals surface area contributed by atoms with Gasteiger partial charge in [0.1, 0.15) is 11.9 Å². The SMILES string of the molecule is CC1Cc2cc(CC[C@@H](C)O)ccc2O1. The molecule has 1 N–H and O–H groups in total. The molecule has 2 heteroatoms. The van der Waals surface area contributed by atoms with Crippen molar-refractivity contribution < 1.29 is 9.84 Å². The zero-order chi connectivity index (χ0) is 10.8. The lowest BCUT2D eigenvalue weighted by atomic mass is 10.0. The molecule has 0 spiro atoms. The van der Waals surface area contributed by atoms with E-state index in [9.17, 15) is 5.11 Å². The maximum atomic E-state index is 9.22. The van der Waals surface area contributed by atoms with Crippen LogP contribution in [0.5, 0.6) is 5.75 Å². The average molecular weight is 206 g/mol. The number of benzene rings is 1. The van der Waals surface area contributed by atoms with Gasteiger partial charge in [0.2, 0.25) is 0 Å². The van der Waals surface area contributed by atoms with Gasteiger partial charge in [0.15, 0.2) is 0 Å². The summed E-state index contributed by atoms with van der Waals surface area (Å²) < 4.78 is 5.64. The minimum absolute atomic E-state index is 0.214. The van der Waals surface area contributed by atoms with Crippen molar-refractivity contribution in [1.29, 1.82) is 0 Å². The number of aliphatic hydroxyl groups is 1. The van der Waals surface area contributed by atoms with Crippen LogP contribution < -0.4 is 4.74 Å². The molecule has 15 heavy (non-hydrogen) atoms. The summed E-state index contributed by atoms with van der Waals surface area (Å²) in [7, 11) is 0. The Labute approximate surface area is 90.9 Å². The highest BCUT2D eigenvalue weighted by molar-refractivity contribution is 5.40. The molecule has 0 aliphatic carbocycles. The van der Waals surface area contributed by atoms with Crippen LogP contribution in [0.1, 0.15) is 31.4 Å². The molecule has 2 atom stereocenters. The predicted molar refractivity (Wildman–Crippen MR) is 60.2 cm³/mol. The third kappa shape index (κ3) is 2.51. The van der Waals surface area contributed by atoms with Gasteiger partial charge < -0.3 is 9.84 Å². The number of rotatable bonds is 3. The van der Waals surface area contributed by atoms with Crippen molar-refractivity contribution in [1.82, 2.24) is 0 Å². The van der Waals surface area contributed by atoms with E-state index in [1.54, 1.807) is 0 Å². The molecule has 0 amide bonds. The molecule has 1 aliphatic rings. The molecule has 1 aromatic carbocycles. The van der Waals surface area contributed by atoms with Crippen LogP contribution in [0.3, 0.4) is 0 Å². The van der Waals surface area contributed by atoms with Crippen LogP contribution in [0.2, 0.25) is 0 Å². The Bertz CT molecular complexity index is 344. The highest BCUT2D eigenvalue weighted by Gasteiger charge is 2.18. The van der Waals surface area contributed by atoms with Crippen LogP contribution in [0.4, 0.5) is 0 Å². The van der Waals surface area contributed by atoms with Gasteiger partial charge in [0, 0.05) is 6.42 Å². The number of hydrogen-bond acceptors (Lipinski definition) is 2. The maximum Gasteiger partial charge on any atom is 0.123 e. The molecule has 82 valence electrons. The first-order valence-corrected chi connectivity index (χ1v) is 5.61. The van der Waals surface area contributed by atoms with Gasteiger partial charge in [-0.25, -0.2) is 0 Å². The fourth-order valence-corrected chi connectivity index (χ4v) is 2.01. The van der Waals surface area contributed by atoms with Crippen LogP contribution >= 0.6 is 0 Å². The van der Waals surface area contributed by atoms with Gasteiger partial charge in [-0.1, -0.05) is 12.1 Å². The second kappa shape index (κ2) is 4.23. The van der Waals surface area contributed by atoms with E-state index in [1.165, 1.54) is 11.1 Å². The van der Waals surface area contributed by atoms with Gasteiger partial charge in [-0.15, -0.1) is 0 Å². The molecule has 0 saturated heterocycles. The summed E-state index contributed by atoms with van der Waals surface area (Å²) in [5.74, 6) is 1.03. The van der Waals surface area contributed by atoms with Crippen molar-refractivity contribution in [2.24, 2.45) is 0 Å². The topological polar surface area (TPSA) is 29.5 Å². The average Bonchev–Trinajstić information content (AvgIpc) is 2.53. The van der Waals surface area contributed by atoms with Gasteiger partial charge in [-0.05, 0) is 43.9 Å². The highest BCUT2D eigenvalue weighted by Crippen LogP contribution is 2.29. The van der Waals surface area contributed by atoms with E-state index >= 15 is 0 Å². The standard InChI is InChI=1S/C13H18O2/c1-9(14)3-4-11-5-6-13-12(8-11)7-10(2)15-13/h5-6,8-10,14H,3-4,7H2,1-2H3/t9-,10?/m1/s1. The van der Waals surface area contributed by atoms with Crippen LogP contribution in [-0.4, -0.2) is 17.3 Å². The first kappa shape index (κ1) is 10.5. The van der Waals surface area contributed by atoms with Gasteiger partial charge in [-0.2, -0.15) is 0 Å². The fourth-order valence-electron chi connectivity index (χ4n) is 2.01. The minimum atomic E-state index is -0.214. The molecule has 0 bridgehead atoms. The third-order valence-corrected chi connectivity index (χ3v) is 2.81. The smallest absolute Gasteiger partial charge is 0.123 e. The lowest BCUT2D eigenvalue weighted by Gasteiger charge is -2.06. The van der Waals surface area contributed by atoms with Crippen LogP contribution in [0.15, 0.2) is 18.2 Å². The Morgan fingerprint density at radius 2 is 2.33 bits per heavy atom. The van der Waals surface area contributed by atoms with E-state index in [-0.39, 0.29) is 6.10 Å². The molecular weight excluding hydrogens is 188 g/mol. The van der Waals surface area contributed by atoms with E-state index in [1.807, 2.05) is 6.92 Å². The Kier molecular flexibility index (Phi) is 2.96. The summed E-state index contributed by atoms with van der Waals surface area (Å²) in [5.41, 5.74) is 2.61. The summed E-state index contributed by atoms with van der Waals surface area (Å²) in [5, 5.41) is 9.22. The van der Waals surface area contributed by atoms with Crippen molar-refractivity contribution in [2.45, 2.75) is 45.3 Å². The van der Waals surface area contributed by atoms with Crippen molar-refractivity contribution in [3.63, 3.8) is 0 Å². The van der Waals surface area contributed by atoms with Crippen molar-refractivity contribution in [3.05, 3.63) is 29.3 Å². The number of aryl methyl sites for hydroxylation is 1. The molecule has 1 aliphatic heterocycles. The molecule has 1 unspecified atom stereocenters. The third-order valence-electron chi connectivity index (χ3n) is 2.81. The molecule has 0 aromatic heterocycles. The Balaban J connectivity index is 2.06. The van der Waals surface area contributed by atoms with E-state index in [0.717, 1.165) is 25.0 Å². The lowest BCUT2D eigenvalue weighted by Crippen LogP contribution is -2.05.